The van der Waals surface area contributed by atoms with E-state index in [0.717, 1.165) is 25.2 Å². The molecule has 3 N–H and O–H groups in total. The molecular weight excluding hydrogens is 192 g/mol. The first kappa shape index (κ1) is 11.7. The van der Waals surface area contributed by atoms with E-state index in [-0.39, 0.29) is 6.04 Å². The molecule has 84 valence electrons. The Morgan fingerprint density at radius 2 is 2.33 bits per heavy atom. The Morgan fingerprint density at radius 3 is 3.00 bits per heavy atom. The van der Waals surface area contributed by atoms with Gasteiger partial charge in [0.05, 0.1) is 19.5 Å². The molecule has 0 aliphatic rings. The SMILES string of the molecule is CCC(N)CCNc1cncc(OC)n1. The maximum absolute atomic E-state index is 5.79. The van der Waals surface area contributed by atoms with Crippen molar-refractivity contribution in [1.29, 1.82) is 0 Å². The van der Waals surface area contributed by atoms with Gasteiger partial charge < -0.3 is 15.8 Å². The van der Waals surface area contributed by atoms with E-state index in [1.54, 1.807) is 19.5 Å². The largest absolute Gasteiger partial charge is 0.480 e. The summed E-state index contributed by atoms with van der Waals surface area (Å²) in [6.07, 6.45) is 5.16. The van der Waals surface area contributed by atoms with Crippen molar-refractivity contribution in [2.75, 3.05) is 19.0 Å². The summed E-state index contributed by atoms with van der Waals surface area (Å²) in [6.45, 7) is 2.88. The van der Waals surface area contributed by atoms with Gasteiger partial charge in [0.2, 0.25) is 5.88 Å². The fourth-order valence-corrected chi connectivity index (χ4v) is 1.12. The van der Waals surface area contributed by atoms with Crippen LogP contribution in [-0.4, -0.2) is 29.7 Å². The third kappa shape index (κ3) is 4.12. The topological polar surface area (TPSA) is 73.1 Å². The first-order chi connectivity index (χ1) is 7.26. The van der Waals surface area contributed by atoms with Gasteiger partial charge in [-0.1, -0.05) is 6.92 Å². The molecule has 1 rings (SSSR count). The maximum atomic E-state index is 5.79. The van der Waals surface area contributed by atoms with E-state index in [1.165, 1.54) is 0 Å². The molecule has 0 aliphatic heterocycles. The zero-order valence-corrected chi connectivity index (χ0v) is 9.23. The Kier molecular flexibility index (Phi) is 4.83. The summed E-state index contributed by atoms with van der Waals surface area (Å²) in [4.78, 5) is 8.17. The highest BCUT2D eigenvalue weighted by Gasteiger charge is 2.00. The van der Waals surface area contributed by atoms with Gasteiger partial charge >= 0.3 is 0 Å². The molecule has 0 saturated carbocycles. The second-order valence-electron chi connectivity index (χ2n) is 3.33. The molecule has 0 radical (unpaired) electrons. The van der Waals surface area contributed by atoms with Gasteiger partial charge in [0.15, 0.2) is 0 Å². The predicted molar refractivity (Wildman–Crippen MR) is 60.0 cm³/mol. The average molecular weight is 210 g/mol. The molecule has 1 atom stereocenters. The monoisotopic (exact) mass is 210 g/mol. The van der Waals surface area contributed by atoms with Gasteiger partial charge in [0.1, 0.15) is 5.82 Å². The highest BCUT2D eigenvalue weighted by molar-refractivity contribution is 5.32. The van der Waals surface area contributed by atoms with Crippen molar-refractivity contribution in [3.63, 3.8) is 0 Å². The number of hydrogen-bond donors (Lipinski definition) is 2. The highest BCUT2D eigenvalue weighted by atomic mass is 16.5. The summed E-state index contributed by atoms with van der Waals surface area (Å²) in [5.41, 5.74) is 5.79. The second-order valence-corrected chi connectivity index (χ2v) is 3.33. The normalized spacial score (nSPS) is 12.2. The number of rotatable bonds is 6. The molecule has 15 heavy (non-hydrogen) atoms. The van der Waals surface area contributed by atoms with Gasteiger partial charge in [-0.15, -0.1) is 0 Å². The van der Waals surface area contributed by atoms with Gasteiger partial charge in [-0.05, 0) is 12.8 Å². The summed E-state index contributed by atoms with van der Waals surface area (Å²) < 4.78 is 4.97. The number of ether oxygens (including phenoxy) is 1. The van der Waals surface area contributed by atoms with Crippen molar-refractivity contribution in [3.05, 3.63) is 12.4 Å². The number of nitrogens with two attached hydrogens (primary N) is 1. The van der Waals surface area contributed by atoms with Crippen molar-refractivity contribution in [1.82, 2.24) is 9.97 Å². The Balaban J connectivity index is 2.37. The van der Waals surface area contributed by atoms with E-state index in [1.807, 2.05) is 0 Å². The van der Waals surface area contributed by atoms with Crippen LogP contribution in [0.3, 0.4) is 0 Å². The average Bonchev–Trinajstić information content (AvgIpc) is 2.29. The van der Waals surface area contributed by atoms with E-state index in [4.69, 9.17) is 10.5 Å². The van der Waals surface area contributed by atoms with Crippen LogP contribution in [0.2, 0.25) is 0 Å². The summed E-state index contributed by atoms with van der Waals surface area (Å²) in [5, 5.41) is 3.15. The van der Waals surface area contributed by atoms with Crippen LogP contribution in [-0.2, 0) is 0 Å². The highest BCUT2D eigenvalue weighted by Crippen LogP contribution is 2.08. The van der Waals surface area contributed by atoms with Crippen LogP contribution in [0, 0.1) is 0 Å². The zero-order chi connectivity index (χ0) is 11.1. The summed E-state index contributed by atoms with van der Waals surface area (Å²) in [5.74, 6) is 1.23. The fourth-order valence-electron chi connectivity index (χ4n) is 1.12. The predicted octanol–water partition coefficient (Wildman–Crippen LogP) is 1.02. The van der Waals surface area contributed by atoms with Gasteiger partial charge in [-0.25, -0.2) is 0 Å². The van der Waals surface area contributed by atoms with Crippen LogP contribution in [0.4, 0.5) is 5.82 Å². The van der Waals surface area contributed by atoms with E-state index >= 15 is 0 Å². The van der Waals surface area contributed by atoms with E-state index in [0.29, 0.717) is 5.88 Å². The number of nitrogens with one attached hydrogen (secondary N) is 1. The van der Waals surface area contributed by atoms with Crippen LogP contribution in [0.5, 0.6) is 5.88 Å². The molecule has 0 bridgehead atoms. The molecule has 0 aliphatic carbocycles. The molecule has 0 spiro atoms. The van der Waals surface area contributed by atoms with Crippen LogP contribution in [0.15, 0.2) is 12.4 Å². The first-order valence-electron chi connectivity index (χ1n) is 5.11. The molecule has 5 heteroatoms. The molecular formula is C10H18N4O. The number of methoxy groups -OCH3 is 1. The lowest BCUT2D eigenvalue weighted by atomic mass is 10.2. The lowest BCUT2D eigenvalue weighted by molar-refractivity contribution is 0.396. The van der Waals surface area contributed by atoms with Crippen molar-refractivity contribution < 1.29 is 4.74 Å². The van der Waals surface area contributed by atoms with Gasteiger partial charge in [-0.3, -0.25) is 4.98 Å². The minimum atomic E-state index is 0.246. The van der Waals surface area contributed by atoms with E-state index in [9.17, 15) is 0 Å². The Labute approximate surface area is 90.1 Å². The number of aromatic nitrogens is 2. The smallest absolute Gasteiger partial charge is 0.233 e. The quantitative estimate of drug-likeness (QED) is 0.733. The Morgan fingerprint density at radius 1 is 1.53 bits per heavy atom. The molecule has 0 saturated heterocycles. The van der Waals surface area contributed by atoms with Crippen molar-refractivity contribution in [2.24, 2.45) is 5.73 Å². The van der Waals surface area contributed by atoms with Gasteiger partial charge in [-0.2, -0.15) is 4.98 Å². The lowest BCUT2D eigenvalue weighted by Gasteiger charge is -2.09. The van der Waals surface area contributed by atoms with Crippen LogP contribution in [0.25, 0.3) is 0 Å². The number of anilines is 1. The lowest BCUT2D eigenvalue weighted by Crippen LogP contribution is -2.22. The zero-order valence-electron chi connectivity index (χ0n) is 9.23. The molecule has 1 heterocycles. The van der Waals surface area contributed by atoms with Crippen molar-refractivity contribution in [2.45, 2.75) is 25.8 Å². The molecule has 0 amide bonds. The molecule has 5 nitrogen and oxygen atoms in total. The van der Waals surface area contributed by atoms with E-state index < -0.39 is 0 Å². The maximum Gasteiger partial charge on any atom is 0.233 e. The standard InChI is InChI=1S/C10H18N4O/c1-3-8(11)4-5-13-9-6-12-7-10(14-9)15-2/h6-8H,3-5,11H2,1-2H3,(H,13,14). The minimum Gasteiger partial charge on any atom is -0.480 e. The summed E-state index contributed by atoms with van der Waals surface area (Å²) in [7, 11) is 1.57. The van der Waals surface area contributed by atoms with Crippen LogP contribution >= 0.6 is 0 Å². The Hall–Kier alpha value is -1.36. The number of hydrogen-bond acceptors (Lipinski definition) is 5. The minimum absolute atomic E-state index is 0.246. The third-order valence-electron chi connectivity index (χ3n) is 2.17. The first-order valence-corrected chi connectivity index (χ1v) is 5.11. The van der Waals surface area contributed by atoms with Crippen LogP contribution in [0.1, 0.15) is 19.8 Å². The van der Waals surface area contributed by atoms with Crippen molar-refractivity contribution >= 4 is 5.82 Å². The molecule has 0 fully saturated rings. The second kappa shape index (κ2) is 6.19. The fraction of sp³-hybridized carbons (Fsp3) is 0.600. The number of nitrogens with zero attached hydrogens (tertiary/aromatic N) is 2. The molecule has 1 aromatic rings. The molecule has 1 unspecified atom stereocenters. The van der Waals surface area contributed by atoms with Crippen LogP contribution < -0.4 is 15.8 Å². The van der Waals surface area contributed by atoms with Crippen molar-refractivity contribution in [3.8, 4) is 5.88 Å². The van der Waals surface area contributed by atoms with Gasteiger partial charge in [0.25, 0.3) is 0 Å². The molecule has 1 aromatic heterocycles. The summed E-state index contributed by atoms with van der Waals surface area (Å²) >= 11 is 0. The Bertz CT molecular complexity index is 293. The van der Waals surface area contributed by atoms with Gasteiger partial charge in [0, 0.05) is 12.6 Å². The molecule has 0 aromatic carbocycles. The van der Waals surface area contributed by atoms with E-state index in [2.05, 4.69) is 22.2 Å². The summed E-state index contributed by atoms with van der Waals surface area (Å²) in [6, 6.07) is 0.246. The third-order valence-corrected chi connectivity index (χ3v) is 2.17.